The minimum absolute atomic E-state index is 0.150. The van der Waals surface area contributed by atoms with Gasteiger partial charge in [-0.05, 0) is 66.9 Å². The van der Waals surface area contributed by atoms with Gasteiger partial charge in [0.25, 0.3) is 5.91 Å². The Kier molecular flexibility index (Phi) is 9.34. The number of sulfone groups is 1. The first-order chi connectivity index (χ1) is 17.0. The molecule has 0 heterocycles. The maximum absolute atomic E-state index is 13.2. The zero-order valence-electron chi connectivity index (χ0n) is 20.2. The predicted molar refractivity (Wildman–Crippen MR) is 139 cm³/mol. The lowest BCUT2D eigenvalue weighted by molar-refractivity contribution is -0.0980. The van der Waals surface area contributed by atoms with Gasteiger partial charge in [0, 0.05) is 22.9 Å². The van der Waals surface area contributed by atoms with Gasteiger partial charge >= 0.3 is 0 Å². The fourth-order valence-corrected chi connectivity index (χ4v) is 5.33. The third-order valence-electron chi connectivity index (χ3n) is 5.24. The number of rotatable bonds is 8. The molecule has 3 rings (SSSR count). The van der Waals surface area contributed by atoms with Crippen molar-refractivity contribution in [3.05, 3.63) is 83.4 Å². The van der Waals surface area contributed by atoms with Crippen molar-refractivity contribution in [3.63, 3.8) is 0 Å². The molecule has 190 valence electrons. The number of benzene rings is 3. The van der Waals surface area contributed by atoms with Gasteiger partial charge in [0.05, 0.1) is 10.6 Å². The van der Waals surface area contributed by atoms with E-state index in [0.717, 1.165) is 5.56 Å². The molecule has 1 atom stereocenters. The van der Waals surface area contributed by atoms with Gasteiger partial charge in [-0.3, -0.25) is 9.59 Å². The molecule has 0 fully saturated rings. The summed E-state index contributed by atoms with van der Waals surface area (Å²) in [6.45, 7) is 7.42. The van der Waals surface area contributed by atoms with Crippen LogP contribution in [0.5, 0.6) is 5.75 Å². The fraction of sp³-hybridized carbons (Fsp3) is 0.192. The van der Waals surface area contributed by atoms with Crippen LogP contribution in [0.2, 0.25) is 0 Å². The van der Waals surface area contributed by atoms with Crippen molar-refractivity contribution >= 4 is 39.8 Å². The third kappa shape index (κ3) is 6.70. The first-order valence-corrected chi connectivity index (χ1v) is 12.4. The van der Waals surface area contributed by atoms with E-state index in [4.69, 9.17) is 10.5 Å². The van der Waals surface area contributed by atoms with E-state index in [-0.39, 0.29) is 33.4 Å². The van der Waals surface area contributed by atoms with E-state index in [0.29, 0.717) is 5.69 Å². The average molecular weight is 512 g/mol. The number of nitrogens with two attached hydrogens (primary N) is 1. The highest BCUT2D eigenvalue weighted by Gasteiger charge is 2.30. The summed E-state index contributed by atoms with van der Waals surface area (Å²) in [5.41, 5.74) is 7.12. The molecule has 0 aromatic heterocycles. The van der Waals surface area contributed by atoms with Crippen molar-refractivity contribution in [1.29, 1.82) is 0 Å². The monoisotopic (exact) mass is 511 g/mol. The molecule has 2 amide bonds. The molecule has 0 bridgehead atoms. The first kappa shape index (κ1) is 28.1. The van der Waals surface area contributed by atoms with Gasteiger partial charge in [-0.2, -0.15) is 0 Å². The van der Waals surface area contributed by atoms with Crippen LogP contribution in [-0.4, -0.2) is 37.5 Å². The van der Waals surface area contributed by atoms with Gasteiger partial charge in [0.15, 0.2) is 9.84 Å². The van der Waals surface area contributed by atoms with Crippen LogP contribution in [0.4, 0.5) is 11.4 Å². The zero-order chi connectivity index (χ0) is 27.0. The number of carbonyl (C=O) groups excluding carboxylic acids is 3. The van der Waals surface area contributed by atoms with Crippen molar-refractivity contribution in [2.24, 2.45) is 11.7 Å². The van der Waals surface area contributed by atoms with Crippen LogP contribution < -0.4 is 16.4 Å². The maximum atomic E-state index is 13.2. The second kappa shape index (κ2) is 12.0. The Hall–Kier alpha value is -4.18. The normalized spacial score (nSPS) is 11.7. The van der Waals surface area contributed by atoms with E-state index < -0.39 is 27.0 Å². The summed E-state index contributed by atoms with van der Waals surface area (Å²) in [6, 6.07) is 16.9. The number of amides is 2. The van der Waals surface area contributed by atoms with Crippen molar-refractivity contribution < 1.29 is 27.9 Å². The fourth-order valence-electron chi connectivity index (χ4n) is 3.41. The van der Waals surface area contributed by atoms with E-state index in [1.54, 1.807) is 38.1 Å². The summed E-state index contributed by atoms with van der Waals surface area (Å²) in [7, 11) is -3.70. The van der Waals surface area contributed by atoms with E-state index in [1.807, 2.05) is 19.8 Å². The SMILES string of the molecule is C=O.Cc1cccc(S(=O)(=O)C(Nc2ccc(NC(=O)c3ccc(C(N)=O)cc3)c(O)c2)C(C)C)c1. The maximum Gasteiger partial charge on any atom is 0.255 e. The Balaban J connectivity index is 0.00000222. The smallest absolute Gasteiger partial charge is 0.255 e. The highest BCUT2D eigenvalue weighted by atomic mass is 32.2. The van der Waals surface area contributed by atoms with Crippen molar-refractivity contribution in [3.8, 4) is 5.75 Å². The number of aromatic hydroxyl groups is 1. The first-order valence-electron chi connectivity index (χ1n) is 10.9. The topological polar surface area (TPSA) is 156 Å². The molecule has 1 unspecified atom stereocenters. The van der Waals surface area contributed by atoms with E-state index >= 15 is 0 Å². The second-order valence-electron chi connectivity index (χ2n) is 8.30. The molecular formula is C26H29N3O6S. The number of aryl methyl sites for hydroxylation is 1. The lowest BCUT2D eigenvalue weighted by Crippen LogP contribution is -2.34. The number of phenolic OH excluding ortho intramolecular Hbond substituents is 1. The molecule has 0 aliphatic rings. The van der Waals surface area contributed by atoms with Crippen LogP contribution >= 0.6 is 0 Å². The largest absolute Gasteiger partial charge is 0.506 e. The van der Waals surface area contributed by atoms with E-state index in [1.165, 1.54) is 36.4 Å². The quantitative estimate of drug-likeness (QED) is 0.336. The van der Waals surface area contributed by atoms with Crippen LogP contribution in [0.3, 0.4) is 0 Å². The molecule has 3 aromatic rings. The molecule has 36 heavy (non-hydrogen) atoms. The van der Waals surface area contributed by atoms with Crippen LogP contribution in [0, 0.1) is 12.8 Å². The summed E-state index contributed by atoms with van der Waals surface area (Å²) in [5, 5.41) is 15.1. The Morgan fingerprint density at radius 1 is 0.944 bits per heavy atom. The zero-order valence-corrected chi connectivity index (χ0v) is 21.0. The second-order valence-corrected chi connectivity index (χ2v) is 10.4. The van der Waals surface area contributed by atoms with E-state index in [9.17, 15) is 23.1 Å². The molecule has 0 radical (unpaired) electrons. The molecule has 0 aliphatic heterocycles. The minimum Gasteiger partial charge on any atom is -0.506 e. The standard InChI is InChI=1S/C25H27N3O5S.CH2O/c1-15(2)25(34(32,33)20-6-4-5-16(3)13-20)27-19-11-12-21(22(29)14-19)28-24(31)18-9-7-17(8-10-18)23(26)30;1-2/h4-15,25,27,29H,1-3H3,(H2,26,30)(H,28,31);1H2. The van der Waals surface area contributed by atoms with Crippen LogP contribution in [-0.2, 0) is 14.6 Å². The number of carbonyl (C=O) groups is 3. The summed E-state index contributed by atoms with van der Waals surface area (Å²) < 4.78 is 26.5. The highest BCUT2D eigenvalue weighted by molar-refractivity contribution is 7.92. The Morgan fingerprint density at radius 2 is 1.56 bits per heavy atom. The summed E-state index contributed by atoms with van der Waals surface area (Å²) in [4.78, 5) is 31.9. The van der Waals surface area contributed by atoms with Crippen molar-refractivity contribution in [1.82, 2.24) is 0 Å². The lowest BCUT2D eigenvalue weighted by atomic mass is 10.1. The number of anilines is 2. The predicted octanol–water partition coefficient (Wildman–Crippen LogP) is 3.73. The van der Waals surface area contributed by atoms with Gasteiger partial charge in [-0.15, -0.1) is 0 Å². The molecule has 0 saturated carbocycles. The lowest BCUT2D eigenvalue weighted by Gasteiger charge is -2.24. The van der Waals surface area contributed by atoms with Gasteiger partial charge < -0.3 is 26.3 Å². The molecular weight excluding hydrogens is 482 g/mol. The minimum atomic E-state index is -3.70. The van der Waals surface area contributed by atoms with Gasteiger partial charge in [0.2, 0.25) is 5.91 Å². The average Bonchev–Trinajstić information content (AvgIpc) is 2.85. The third-order valence-corrected chi connectivity index (χ3v) is 7.49. The summed E-state index contributed by atoms with van der Waals surface area (Å²) in [5.74, 6) is -1.59. The molecule has 9 nitrogen and oxygen atoms in total. The molecule has 10 heteroatoms. The van der Waals surface area contributed by atoms with Gasteiger partial charge in [-0.25, -0.2) is 8.42 Å². The number of primary amides is 1. The molecule has 0 spiro atoms. The number of phenols is 1. The molecule has 5 N–H and O–H groups in total. The number of hydrogen-bond acceptors (Lipinski definition) is 7. The number of nitrogens with one attached hydrogen (secondary N) is 2. The van der Waals surface area contributed by atoms with Crippen molar-refractivity contribution in [2.45, 2.75) is 31.0 Å². The van der Waals surface area contributed by atoms with Crippen LogP contribution in [0.1, 0.15) is 40.1 Å². The molecule has 3 aromatic carbocycles. The van der Waals surface area contributed by atoms with Crippen molar-refractivity contribution in [2.75, 3.05) is 10.6 Å². The van der Waals surface area contributed by atoms with Gasteiger partial charge in [-0.1, -0.05) is 26.0 Å². The Bertz CT molecular complexity index is 1340. The number of hydrogen-bond donors (Lipinski definition) is 4. The molecule has 0 saturated heterocycles. The Morgan fingerprint density at radius 3 is 2.08 bits per heavy atom. The molecule has 0 aliphatic carbocycles. The highest BCUT2D eigenvalue weighted by Crippen LogP contribution is 2.30. The van der Waals surface area contributed by atoms with E-state index in [2.05, 4.69) is 10.6 Å². The van der Waals surface area contributed by atoms with Gasteiger partial charge in [0.1, 0.15) is 17.9 Å². The summed E-state index contributed by atoms with van der Waals surface area (Å²) >= 11 is 0. The van der Waals surface area contributed by atoms with Crippen LogP contribution in [0.15, 0.2) is 71.6 Å². The van der Waals surface area contributed by atoms with Crippen LogP contribution in [0.25, 0.3) is 0 Å². The Labute approximate surface area is 210 Å². The summed E-state index contributed by atoms with van der Waals surface area (Å²) in [6.07, 6.45) is 0.